The number of hydrogen-bond donors (Lipinski definition) is 2. The lowest BCUT2D eigenvalue weighted by molar-refractivity contribution is -0.121. The van der Waals surface area contributed by atoms with Crippen LogP contribution in [0.3, 0.4) is 0 Å². The van der Waals surface area contributed by atoms with Crippen LogP contribution in [0.2, 0.25) is 0 Å². The van der Waals surface area contributed by atoms with E-state index in [1.165, 1.54) is 6.21 Å². The molecule has 1 heterocycles. The molecule has 6 heteroatoms. The molecule has 1 atom stereocenters. The van der Waals surface area contributed by atoms with E-state index in [4.69, 9.17) is 9.47 Å². The van der Waals surface area contributed by atoms with E-state index in [0.29, 0.717) is 17.9 Å². The van der Waals surface area contributed by atoms with Gasteiger partial charge in [0.1, 0.15) is 0 Å². The summed E-state index contributed by atoms with van der Waals surface area (Å²) in [5, 5.41) is 13.9. The lowest BCUT2D eigenvalue weighted by Gasteiger charge is -2.09. The van der Waals surface area contributed by atoms with E-state index in [1.807, 2.05) is 36.4 Å². The second kappa shape index (κ2) is 7.61. The predicted octanol–water partition coefficient (Wildman–Crippen LogP) is 2.38. The van der Waals surface area contributed by atoms with E-state index in [-0.39, 0.29) is 19.1 Å². The normalized spacial score (nSPS) is 13.9. The van der Waals surface area contributed by atoms with E-state index >= 15 is 0 Å². The summed E-state index contributed by atoms with van der Waals surface area (Å²) in [5.41, 5.74) is 4.05. The van der Waals surface area contributed by atoms with Crippen molar-refractivity contribution in [2.45, 2.75) is 18.9 Å². The largest absolute Gasteiger partial charge is 0.454 e. The topological polar surface area (TPSA) is 80.2 Å². The molecule has 3 rings (SSSR count). The van der Waals surface area contributed by atoms with E-state index in [9.17, 15) is 9.90 Å². The zero-order chi connectivity index (χ0) is 16.8. The van der Waals surface area contributed by atoms with Crippen LogP contribution in [0, 0.1) is 0 Å². The van der Waals surface area contributed by atoms with Crippen molar-refractivity contribution in [2.75, 3.05) is 6.79 Å². The Balaban J connectivity index is 1.45. The molecule has 1 unspecified atom stereocenters. The van der Waals surface area contributed by atoms with Crippen LogP contribution in [0.5, 0.6) is 11.5 Å². The zero-order valence-electron chi connectivity index (χ0n) is 13.0. The summed E-state index contributed by atoms with van der Waals surface area (Å²) < 4.78 is 10.5. The first-order valence-electron chi connectivity index (χ1n) is 7.67. The average Bonchev–Trinajstić information content (AvgIpc) is 3.08. The van der Waals surface area contributed by atoms with E-state index in [0.717, 1.165) is 11.1 Å². The van der Waals surface area contributed by atoms with Crippen molar-refractivity contribution in [3.05, 3.63) is 59.7 Å². The molecule has 0 spiro atoms. The highest BCUT2D eigenvalue weighted by Gasteiger charge is 2.12. The summed E-state index contributed by atoms with van der Waals surface area (Å²) in [6.45, 7) is 0.219. The number of hydrazone groups is 1. The first-order valence-corrected chi connectivity index (χ1v) is 7.67. The predicted molar refractivity (Wildman–Crippen MR) is 88.9 cm³/mol. The van der Waals surface area contributed by atoms with E-state index in [1.54, 1.807) is 12.1 Å². The molecule has 1 aliphatic rings. The van der Waals surface area contributed by atoms with Crippen molar-refractivity contribution in [3.63, 3.8) is 0 Å². The molecule has 1 amide bonds. The summed E-state index contributed by atoms with van der Waals surface area (Å²) in [5.74, 6) is 1.12. The number of nitrogens with one attached hydrogen (secondary N) is 1. The van der Waals surface area contributed by atoms with E-state index in [2.05, 4.69) is 10.5 Å². The number of aliphatic hydroxyl groups excluding tert-OH is 1. The van der Waals surface area contributed by atoms with Crippen molar-refractivity contribution < 1.29 is 19.4 Å². The third-order valence-corrected chi connectivity index (χ3v) is 3.63. The van der Waals surface area contributed by atoms with Crippen molar-refractivity contribution in [1.82, 2.24) is 5.43 Å². The molecule has 0 bridgehead atoms. The molecule has 0 saturated heterocycles. The van der Waals surface area contributed by atoms with Crippen LogP contribution in [0.4, 0.5) is 0 Å². The SMILES string of the molecule is O=C(CCC(O)c1ccccc1)NN=Cc1ccc2c(c1)OCO2. The molecule has 6 nitrogen and oxygen atoms in total. The maximum atomic E-state index is 11.8. The highest BCUT2D eigenvalue weighted by Crippen LogP contribution is 2.31. The summed E-state index contributed by atoms with van der Waals surface area (Å²) in [7, 11) is 0. The third kappa shape index (κ3) is 4.11. The highest BCUT2D eigenvalue weighted by molar-refractivity contribution is 5.83. The second-order valence-corrected chi connectivity index (χ2v) is 5.37. The van der Waals surface area contributed by atoms with Gasteiger partial charge in [-0.2, -0.15) is 5.10 Å². The fourth-order valence-corrected chi connectivity index (χ4v) is 2.34. The van der Waals surface area contributed by atoms with Crippen molar-refractivity contribution in [3.8, 4) is 11.5 Å². The molecule has 124 valence electrons. The molecule has 24 heavy (non-hydrogen) atoms. The van der Waals surface area contributed by atoms with Gasteiger partial charge in [-0.3, -0.25) is 4.79 Å². The summed E-state index contributed by atoms with van der Waals surface area (Å²) in [4.78, 5) is 11.8. The van der Waals surface area contributed by atoms with Gasteiger partial charge in [-0.1, -0.05) is 30.3 Å². The molecule has 2 aromatic rings. The monoisotopic (exact) mass is 326 g/mol. The Morgan fingerprint density at radius 2 is 2.00 bits per heavy atom. The number of aliphatic hydroxyl groups is 1. The molecule has 0 aromatic heterocycles. The van der Waals surface area contributed by atoms with Crippen LogP contribution < -0.4 is 14.9 Å². The molecular weight excluding hydrogens is 308 g/mol. The molecule has 0 fully saturated rings. The van der Waals surface area contributed by atoms with Gasteiger partial charge in [0.05, 0.1) is 12.3 Å². The van der Waals surface area contributed by atoms with E-state index < -0.39 is 6.10 Å². The van der Waals surface area contributed by atoms with Crippen LogP contribution in [-0.4, -0.2) is 24.0 Å². The van der Waals surface area contributed by atoms with Crippen molar-refractivity contribution in [1.29, 1.82) is 0 Å². The number of nitrogens with zero attached hydrogens (tertiary/aromatic N) is 1. The number of benzene rings is 2. The second-order valence-electron chi connectivity index (χ2n) is 5.37. The number of amides is 1. The van der Waals surface area contributed by atoms with Gasteiger partial charge in [-0.15, -0.1) is 0 Å². The van der Waals surface area contributed by atoms with Crippen molar-refractivity contribution >= 4 is 12.1 Å². The highest BCUT2D eigenvalue weighted by atomic mass is 16.7. The van der Waals surface area contributed by atoms with Crippen LogP contribution in [0.15, 0.2) is 53.6 Å². The average molecular weight is 326 g/mol. The fourth-order valence-electron chi connectivity index (χ4n) is 2.34. The van der Waals surface area contributed by atoms with Gasteiger partial charge in [-0.05, 0) is 35.7 Å². The lowest BCUT2D eigenvalue weighted by atomic mass is 10.1. The summed E-state index contributed by atoms with van der Waals surface area (Å²) >= 11 is 0. The number of hydrogen-bond acceptors (Lipinski definition) is 5. The summed E-state index contributed by atoms with van der Waals surface area (Å²) in [6.07, 6.45) is 1.41. The Kier molecular flexibility index (Phi) is 5.08. The maximum Gasteiger partial charge on any atom is 0.240 e. The molecule has 0 aliphatic carbocycles. The quantitative estimate of drug-likeness (QED) is 0.631. The van der Waals surface area contributed by atoms with Crippen LogP contribution in [0.25, 0.3) is 0 Å². The molecule has 2 aromatic carbocycles. The minimum absolute atomic E-state index is 0.189. The molecular formula is C18H18N2O4. The fraction of sp³-hybridized carbons (Fsp3) is 0.222. The number of ether oxygens (including phenoxy) is 2. The van der Waals surface area contributed by atoms with Gasteiger partial charge in [0.15, 0.2) is 11.5 Å². The van der Waals surface area contributed by atoms with Gasteiger partial charge in [0, 0.05) is 6.42 Å². The first kappa shape index (κ1) is 16.0. The Bertz CT molecular complexity index is 731. The number of carbonyl (C=O) groups is 1. The molecule has 2 N–H and O–H groups in total. The van der Waals surface area contributed by atoms with Crippen LogP contribution >= 0.6 is 0 Å². The van der Waals surface area contributed by atoms with Crippen molar-refractivity contribution in [2.24, 2.45) is 5.10 Å². The van der Waals surface area contributed by atoms with Crippen LogP contribution in [0.1, 0.15) is 30.1 Å². The molecule has 1 aliphatic heterocycles. The van der Waals surface area contributed by atoms with Gasteiger partial charge in [0.2, 0.25) is 12.7 Å². The Morgan fingerprint density at radius 3 is 2.83 bits per heavy atom. The number of fused-ring (bicyclic) bond motifs is 1. The number of rotatable bonds is 6. The van der Waals surface area contributed by atoms with Gasteiger partial charge >= 0.3 is 0 Å². The number of carbonyl (C=O) groups excluding carboxylic acids is 1. The first-order chi connectivity index (χ1) is 11.7. The third-order valence-electron chi connectivity index (χ3n) is 3.63. The van der Waals surface area contributed by atoms with Gasteiger partial charge in [-0.25, -0.2) is 5.43 Å². The maximum absolute atomic E-state index is 11.8. The van der Waals surface area contributed by atoms with Gasteiger partial charge in [0.25, 0.3) is 0 Å². The lowest BCUT2D eigenvalue weighted by Crippen LogP contribution is -2.18. The Morgan fingerprint density at radius 1 is 1.21 bits per heavy atom. The molecule has 0 saturated carbocycles. The standard InChI is InChI=1S/C18H18N2O4/c21-15(14-4-2-1-3-5-14)7-9-18(22)20-19-11-13-6-8-16-17(10-13)24-12-23-16/h1-6,8,10-11,15,21H,7,9,12H2,(H,20,22). The smallest absolute Gasteiger partial charge is 0.240 e. The van der Waals surface area contributed by atoms with Gasteiger partial charge < -0.3 is 14.6 Å². The Labute approximate surface area is 139 Å². The van der Waals surface area contributed by atoms with Crippen LogP contribution in [-0.2, 0) is 4.79 Å². The molecule has 0 radical (unpaired) electrons. The zero-order valence-corrected chi connectivity index (χ0v) is 13.0. The minimum Gasteiger partial charge on any atom is -0.454 e. The summed E-state index contributed by atoms with van der Waals surface area (Å²) in [6, 6.07) is 14.7. The Hall–Kier alpha value is -2.86. The minimum atomic E-state index is -0.658.